The second-order valence-electron chi connectivity index (χ2n) is 3.71. The monoisotopic (exact) mass is 195 g/mol. The number of carboxylic acids is 1. The molecule has 1 aromatic rings. The Morgan fingerprint density at radius 1 is 1.43 bits per heavy atom. The number of oxazole rings is 1. The fourth-order valence-electron chi connectivity index (χ4n) is 1.96. The molecule has 0 aliphatic heterocycles. The highest BCUT2D eigenvalue weighted by Gasteiger charge is 2.21. The molecule has 1 aliphatic carbocycles. The minimum Gasteiger partial charge on any atom is -0.474 e. The Morgan fingerprint density at radius 2 is 2.14 bits per heavy atom. The zero-order valence-corrected chi connectivity index (χ0v) is 7.90. The zero-order valence-electron chi connectivity index (χ0n) is 7.90. The van der Waals surface area contributed by atoms with Crippen LogP contribution in [0.15, 0.2) is 10.6 Å². The highest BCUT2D eigenvalue weighted by Crippen LogP contribution is 2.32. The predicted octanol–water partition coefficient (Wildman–Crippen LogP) is 2.42. The van der Waals surface area contributed by atoms with E-state index in [2.05, 4.69) is 4.98 Å². The summed E-state index contributed by atoms with van der Waals surface area (Å²) in [4.78, 5) is 14.3. The van der Waals surface area contributed by atoms with Gasteiger partial charge in [-0.25, -0.2) is 9.78 Å². The standard InChI is InChI=1S/C10H13NO3/c12-10(13)9-11-6-8(14-9)7-4-2-1-3-5-7/h6-7H,1-5H2,(H,12,13). The number of carbonyl (C=O) groups is 1. The molecule has 0 atom stereocenters. The van der Waals surface area contributed by atoms with Crippen molar-refractivity contribution < 1.29 is 14.3 Å². The fraction of sp³-hybridized carbons (Fsp3) is 0.600. The van der Waals surface area contributed by atoms with Crippen molar-refractivity contribution in [3.05, 3.63) is 17.8 Å². The molecule has 0 bridgehead atoms. The van der Waals surface area contributed by atoms with Crippen LogP contribution >= 0.6 is 0 Å². The molecule has 0 radical (unpaired) electrons. The van der Waals surface area contributed by atoms with E-state index in [1.165, 1.54) is 19.3 Å². The third-order valence-corrected chi connectivity index (χ3v) is 2.71. The van der Waals surface area contributed by atoms with Crippen LogP contribution in [-0.4, -0.2) is 16.1 Å². The lowest BCUT2D eigenvalue weighted by Gasteiger charge is -2.18. The van der Waals surface area contributed by atoms with Crippen LogP contribution < -0.4 is 0 Å². The summed E-state index contributed by atoms with van der Waals surface area (Å²) in [6, 6.07) is 0. The molecule has 1 N–H and O–H groups in total. The van der Waals surface area contributed by atoms with Crippen molar-refractivity contribution in [2.75, 3.05) is 0 Å². The van der Waals surface area contributed by atoms with Gasteiger partial charge in [-0.2, -0.15) is 0 Å². The smallest absolute Gasteiger partial charge is 0.392 e. The van der Waals surface area contributed by atoms with Gasteiger partial charge in [0, 0.05) is 5.92 Å². The summed E-state index contributed by atoms with van der Waals surface area (Å²) >= 11 is 0. The SMILES string of the molecule is O=C(O)c1ncc(C2CCCCC2)o1. The van der Waals surface area contributed by atoms with Crippen molar-refractivity contribution >= 4 is 5.97 Å². The predicted molar refractivity (Wildman–Crippen MR) is 49.3 cm³/mol. The third kappa shape index (κ3) is 1.78. The van der Waals surface area contributed by atoms with Crippen LogP contribution in [0.25, 0.3) is 0 Å². The Bertz CT molecular complexity index is 326. The van der Waals surface area contributed by atoms with Crippen LogP contribution in [0, 0.1) is 0 Å². The first-order valence-electron chi connectivity index (χ1n) is 4.96. The molecule has 0 saturated heterocycles. The third-order valence-electron chi connectivity index (χ3n) is 2.71. The van der Waals surface area contributed by atoms with Gasteiger partial charge in [0.15, 0.2) is 0 Å². The Kier molecular flexibility index (Phi) is 2.52. The molecule has 0 spiro atoms. The Balaban J connectivity index is 2.11. The summed E-state index contributed by atoms with van der Waals surface area (Å²) in [7, 11) is 0. The molecule has 4 heteroatoms. The molecule has 1 heterocycles. The van der Waals surface area contributed by atoms with E-state index in [0.717, 1.165) is 18.6 Å². The number of aromatic nitrogens is 1. The lowest BCUT2D eigenvalue weighted by Crippen LogP contribution is -2.03. The van der Waals surface area contributed by atoms with Crippen molar-refractivity contribution in [2.45, 2.75) is 38.0 Å². The van der Waals surface area contributed by atoms with Crippen molar-refractivity contribution in [1.82, 2.24) is 4.98 Å². The molecule has 1 fully saturated rings. The van der Waals surface area contributed by atoms with E-state index < -0.39 is 5.97 Å². The van der Waals surface area contributed by atoms with Crippen LogP contribution in [-0.2, 0) is 0 Å². The quantitative estimate of drug-likeness (QED) is 0.787. The minimum atomic E-state index is -1.09. The summed E-state index contributed by atoms with van der Waals surface area (Å²) in [5.41, 5.74) is 0. The summed E-state index contributed by atoms with van der Waals surface area (Å²) in [5.74, 6) is -0.163. The summed E-state index contributed by atoms with van der Waals surface area (Å²) in [6.45, 7) is 0. The first kappa shape index (κ1) is 9.24. The largest absolute Gasteiger partial charge is 0.474 e. The summed E-state index contributed by atoms with van der Waals surface area (Å²) < 4.78 is 5.17. The molecule has 0 unspecified atom stereocenters. The maximum atomic E-state index is 10.5. The Hall–Kier alpha value is -1.32. The van der Waals surface area contributed by atoms with Crippen LogP contribution in [0.1, 0.15) is 54.5 Å². The molecule has 1 aromatic heterocycles. The van der Waals surface area contributed by atoms with Gasteiger partial charge in [0.25, 0.3) is 0 Å². The highest BCUT2D eigenvalue weighted by molar-refractivity contribution is 5.81. The van der Waals surface area contributed by atoms with Crippen LogP contribution in [0.5, 0.6) is 0 Å². The van der Waals surface area contributed by atoms with Gasteiger partial charge in [0.2, 0.25) is 0 Å². The zero-order chi connectivity index (χ0) is 9.97. The van der Waals surface area contributed by atoms with Crippen LogP contribution in [0.4, 0.5) is 0 Å². The van der Waals surface area contributed by atoms with Crippen LogP contribution in [0.2, 0.25) is 0 Å². The topological polar surface area (TPSA) is 63.3 Å². The van der Waals surface area contributed by atoms with E-state index in [9.17, 15) is 4.79 Å². The minimum absolute atomic E-state index is 0.189. The molecule has 76 valence electrons. The van der Waals surface area contributed by atoms with Crippen molar-refractivity contribution in [3.63, 3.8) is 0 Å². The molecular formula is C10H13NO3. The van der Waals surface area contributed by atoms with Gasteiger partial charge in [-0.15, -0.1) is 0 Å². The van der Waals surface area contributed by atoms with E-state index in [4.69, 9.17) is 9.52 Å². The van der Waals surface area contributed by atoms with Crippen molar-refractivity contribution in [1.29, 1.82) is 0 Å². The molecule has 1 saturated carbocycles. The molecule has 0 aromatic carbocycles. The van der Waals surface area contributed by atoms with Gasteiger partial charge in [0.05, 0.1) is 6.20 Å². The first-order valence-corrected chi connectivity index (χ1v) is 4.96. The molecular weight excluding hydrogens is 182 g/mol. The molecule has 1 aliphatic rings. The normalized spacial score (nSPS) is 18.3. The van der Waals surface area contributed by atoms with Gasteiger partial charge in [-0.05, 0) is 12.8 Å². The molecule has 2 rings (SSSR count). The number of rotatable bonds is 2. The maximum absolute atomic E-state index is 10.5. The maximum Gasteiger partial charge on any atom is 0.392 e. The number of nitrogens with zero attached hydrogens (tertiary/aromatic N) is 1. The van der Waals surface area contributed by atoms with Gasteiger partial charge in [-0.1, -0.05) is 19.3 Å². The first-order chi connectivity index (χ1) is 6.77. The number of hydrogen-bond donors (Lipinski definition) is 1. The van der Waals surface area contributed by atoms with E-state index in [0.29, 0.717) is 5.92 Å². The van der Waals surface area contributed by atoms with E-state index >= 15 is 0 Å². The van der Waals surface area contributed by atoms with Gasteiger partial charge >= 0.3 is 11.9 Å². The summed E-state index contributed by atoms with van der Waals surface area (Å²) in [5, 5.41) is 8.64. The Labute approximate surface area is 81.9 Å². The van der Waals surface area contributed by atoms with Gasteiger partial charge in [0.1, 0.15) is 5.76 Å². The summed E-state index contributed by atoms with van der Waals surface area (Å²) in [6.07, 6.45) is 7.42. The number of carboxylic acid groups (broad SMARTS) is 1. The molecule has 14 heavy (non-hydrogen) atoms. The van der Waals surface area contributed by atoms with Crippen molar-refractivity contribution in [3.8, 4) is 0 Å². The van der Waals surface area contributed by atoms with Crippen molar-refractivity contribution in [2.24, 2.45) is 0 Å². The highest BCUT2D eigenvalue weighted by atomic mass is 16.4. The fourth-order valence-corrected chi connectivity index (χ4v) is 1.96. The average Bonchev–Trinajstić information content (AvgIpc) is 2.68. The van der Waals surface area contributed by atoms with Crippen LogP contribution in [0.3, 0.4) is 0 Å². The Morgan fingerprint density at radius 3 is 2.71 bits per heavy atom. The second kappa shape index (κ2) is 3.82. The van der Waals surface area contributed by atoms with E-state index in [-0.39, 0.29) is 5.89 Å². The van der Waals surface area contributed by atoms with Gasteiger partial charge < -0.3 is 9.52 Å². The lowest BCUT2D eigenvalue weighted by molar-refractivity contribution is 0.0650. The van der Waals surface area contributed by atoms with E-state index in [1.54, 1.807) is 6.20 Å². The number of aromatic carboxylic acids is 1. The average molecular weight is 195 g/mol. The van der Waals surface area contributed by atoms with E-state index in [1.807, 2.05) is 0 Å². The lowest BCUT2D eigenvalue weighted by atomic mass is 9.88. The number of hydrogen-bond acceptors (Lipinski definition) is 3. The van der Waals surface area contributed by atoms with Gasteiger partial charge in [-0.3, -0.25) is 0 Å². The second-order valence-corrected chi connectivity index (χ2v) is 3.71. The molecule has 4 nitrogen and oxygen atoms in total. The molecule has 0 amide bonds.